The van der Waals surface area contributed by atoms with Crippen LogP contribution in [0, 0.1) is 12.7 Å². The highest BCUT2D eigenvalue weighted by molar-refractivity contribution is 5.93. The van der Waals surface area contributed by atoms with Gasteiger partial charge in [-0.1, -0.05) is 17.3 Å². The van der Waals surface area contributed by atoms with E-state index in [-0.39, 0.29) is 11.7 Å². The second kappa shape index (κ2) is 7.74. The Kier molecular flexibility index (Phi) is 5.43. The van der Waals surface area contributed by atoms with Gasteiger partial charge in [-0.25, -0.2) is 9.07 Å². The Balaban J connectivity index is 1.63. The molecule has 0 atom stereocenters. The first kappa shape index (κ1) is 17.5. The molecule has 1 aromatic heterocycles. The molecule has 1 fully saturated rings. The zero-order valence-electron chi connectivity index (χ0n) is 14.7. The van der Waals surface area contributed by atoms with Crippen LogP contribution in [-0.2, 0) is 6.42 Å². The van der Waals surface area contributed by atoms with E-state index in [1.807, 2.05) is 11.6 Å². The van der Waals surface area contributed by atoms with Crippen molar-refractivity contribution in [3.63, 3.8) is 0 Å². The van der Waals surface area contributed by atoms with E-state index in [4.69, 9.17) is 0 Å². The van der Waals surface area contributed by atoms with Gasteiger partial charge in [0.15, 0.2) is 5.69 Å². The van der Waals surface area contributed by atoms with Crippen molar-refractivity contribution in [3.05, 3.63) is 47.0 Å². The highest BCUT2D eigenvalue weighted by Gasteiger charge is 2.24. The number of aromatic nitrogens is 3. The summed E-state index contributed by atoms with van der Waals surface area (Å²) in [5.74, 6) is -0.377. The van der Waals surface area contributed by atoms with Crippen LogP contribution in [-0.4, -0.2) is 52.5 Å². The average molecular weight is 345 g/mol. The number of likely N-dealkylation sites (N-methyl/N-ethyl adjacent to an activating group) is 1. The van der Waals surface area contributed by atoms with Crippen molar-refractivity contribution in [1.29, 1.82) is 0 Å². The van der Waals surface area contributed by atoms with Crippen LogP contribution >= 0.6 is 0 Å². The fourth-order valence-electron chi connectivity index (χ4n) is 3.17. The summed E-state index contributed by atoms with van der Waals surface area (Å²) in [4.78, 5) is 14.3. The molecule has 1 saturated heterocycles. The largest absolute Gasteiger partial charge is 0.340 e. The number of carbonyl (C=O) groups excluding carboxylic acids is 1. The first-order valence-corrected chi connectivity index (χ1v) is 8.68. The number of amides is 1. The van der Waals surface area contributed by atoms with Gasteiger partial charge in [-0.2, -0.15) is 0 Å². The summed E-state index contributed by atoms with van der Waals surface area (Å²) in [5, 5.41) is 11.7. The molecule has 6 nitrogen and oxygen atoms in total. The Morgan fingerprint density at radius 1 is 1.32 bits per heavy atom. The van der Waals surface area contributed by atoms with E-state index in [2.05, 4.69) is 15.6 Å². The predicted molar refractivity (Wildman–Crippen MR) is 93.0 cm³/mol. The van der Waals surface area contributed by atoms with Gasteiger partial charge >= 0.3 is 0 Å². The summed E-state index contributed by atoms with van der Waals surface area (Å²) in [6.07, 6.45) is 2.67. The highest BCUT2D eigenvalue weighted by atomic mass is 19.1. The van der Waals surface area contributed by atoms with E-state index in [0.29, 0.717) is 24.7 Å². The Morgan fingerprint density at radius 2 is 2.00 bits per heavy atom. The molecule has 0 radical (unpaired) electrons. The van der Waals surface area contributed by atoms with Gasteiger partial charge in [0.2, 0.25) is 0 Å². The number of nitrogens with one attached hydrogen (secondary N) is 1. The molecule has 0 bridgehead atoms. The number of rotatable bonds is 5. The molecule has 134 valence electrons. The van der Waals surface area contributed by atoms with Crippen LogP contribution in [0.5, 0.6) is 0 Å². The van der Waals surface area contributed by atoms with Gasteiger partial charge in [0, 0.05) is 13.6 Å². The molecule has 3 rings (SSSR count). The Morgan fingerprint density at radius 3 is 2.68 bits per heavy atom. The van der Waals surface area contributed by atoms with Crippen molar-refractivity contribution < 1.29 is 9.18 Å². The third kappa shape index (κ3) is 4.04. The van der Waals surface area contributed by atoms with Crippen molar-refractivity contribution >= 4 is 5.91 Å². The Labute approximate surface area is 147 Å². The van der Waals surface area contributed by atoms with Gasteiger partial charge in [0.1, 0.15) is 5.82 Å². The number of carbonyl (C=O) groups is 1. The number of nitrogens with zero attached hydrogens (tertiary/aromatic N) is 4. The molecule has 7 heteroatoms. The minimum absolute atomic E-state index is 0.125. The Bertz CT molecular complexity index is 722. The summed E-state index contributed by atoms with van der Waals surface area (Å²) >= 11 is 0. The predicted octanol–water partition coefficient (Wildman–Crippen LogP) is 1.96. The molecule has 0 unspecified atom stereocenters. The molecule has 1 aromatic carbocycles. The topological polar surface area (TPSA) is 63.1 Å². The zero-order chi connectivity index (χ0) is 17.8. The first-order chi connectivity index (χ1) is 12.1. The summed E-state index contributed by atoms with van der Waals surface area (Å²) in [7, 11) is 1.76. The van der Waals surface area contributed by atoms with Crippen LogP contribution in [0.1, 0.15) is 40.6 Å². The van der Waals surface area contributed by atoms with Crippen molar-refractivity contribution in [2.45, 2.75) is 32.2 Å². The third-order valence-electron chi connectivity index (χ3n) is 4.78. The molecular formula is C18H24FN5O. The second-order valence-corrected chi connectivity index (χ2v) is 6.55. The number of benzene rings is 1. The molecule has 25 heavy (non-hydrogen) atoms. The van der Waals surface area contributed by atoms with Crippen LogP contribution < -0.4 is 5.32 Å². The lowest BCUT2D eigenvalue weighted by Crippen LogP contribution is -2.31. The van der Waals surface area contributed by atoms with E-state index in [9.17, 15) is 9.18 Å². The number of hydrogen-bond donors (Lipinski definition) is 1. The van der Waals surface area contributed by atoms with Crippen molar-refractivity contribution in [3.8, 4) is 0 Å². The minimum atomic E-state index is -0.252. The third-order valence-corrected chi connectivity index (χ3v) is 4.78. The molecule has 0 aliphatic carbocycles. The average Bonchev–Trinajstić information content (AvgIpc) is 3.02. The van der Waals surface area contributed by atoms with Crippen molar-refractivity contribution in [2.24, 2.45) is 0 Å². The van der Waals surface area contributed by atoms with E-state index < -0.39 is 0 Å². The van der Waals surface area contributed by atoms with Crippen molar-refractivity contribution in [2.75, 3.05) is 26.7 Å². The summed E-state index contributed by atoms with van der Waals surface area (Å²) in [5.41, 5.74) is 2.24. The summed E-state index contributed by atoms with van der Waals surface area (Å²) in [6.45, 7) is 4.38. The molecule has 0 saturated carbocycles. The molecule has 1 amide bonds. The van der Waals surface area contributed by atoms with Gasteiger partial charge in [0.25, 0.3) is 5.91 Å². The molecule has 2 aromatic rings. The lowest BCUT2D eigenvalue weighted by molar-refractivity contribution is 0.0790. The number of halogens is 1. The fraction of sp³-hybridized carbons (Fsp3) is 0.500. The highest BCUT2D eigenvalue weighted by Crippen LogP contribution is 2.20. The lowest BCUT2D eigenvalue weighted by Gasteiger charge is -2.23. The van der Waals surface area contributed by atoms with Gasteiger partial charge in [-0.3, -0.25) is 4.79 Å². The lowest BCUT2D eigenvalue weighted by atomic mass is 10.1. The van der Waals surface area contributed by atoms with Crippen LogP contribution in [0.2, 0.25) is 0 Å². The molecule has 1 aliphatic heterocycles. The monoisotopic (exact) mass is 345 g/mol. The molecule has 1 N–H and O–H groups in total. The molecular weight excluding hydrogens is 321 g/mol. The van der Waals surface area contributed by atoms with Crippen molar-refractivity contribution in [1.82, 2.24) is 25.2 Å². The van der Waals surface area contributed by atoms with Crippen LogP contribution in [0.3, 0.4) is 0 Å². The van der Waals surface area contributed by atoms with E-state index >= 15 is 0 Å². The van der Waals surface area contributed by atoms with Gasteiger partial charge in [0.05, 0.1) is 11.7 Å². The maximum Gasteiger partial charge on any atom is 0.276 e. The summed E-state index contributed by atoms with van der Waals surface area (Å²) < 4.78 is 14.8. The van der Waals surface area contributed by atoms with E-state index in [0.717, 1.165) is 37.2 Å². The van der Waals surface area contributed by atoms with E-state index in [1.54, 1.807) is 24.1 Å². The van der Waals surface area contributed by atoms with Gasteiger partial charge in [-0.15, -0.1) is 5.10 Å². The van der Waals surface area contributed by atoms with Crippen LogP contribution in [0.25, 0.3) is 0 Å². The maximum absolute atomic E-state index is 12.9. The fourth-order valence-corrected chi connectivity index (χ4v) is 3.17. The zero-order valence-corrected chi connectivity index (χ0v) is 14.7. The number of piperidine rings is 1. The Hall–Kier alpha value is -2.28. The SMILES string of the molecule is Cc1c(C(=O)N(C)CCc2ccc(F)cc2)nnn1C1CCNCC1. The normalized spacial score (nSPS) is 15.3. The number of hydrogen-bond acceptors (Lipinski definition) is 4. The molecule has 0 spiro atoms. The summed E-state index contributed by atoms with van der Waals surface area (Å²) in [6, 6.07) is 6.66. The van der Waals surface area contributed by atoms with Crippen LogP contribution in [0.4, 0.5) is 4.39 Å². The van der Waals surface area contributed by atoms with Gasteiger partial charge < -0.3 is 10.2 Å². The molecule has 2 heterocycles. The van der Waals surface area contributed by atoms with Crippen LogP contribution in [0.15, 0.2) is 24.3 Å². The smallest absolute Gasteiger partial charge is 0.276 e. The standard InChI is InChI=1S/C18H24FN5O/c1-13-17(21-22-24(13)16-7-10-20-11-8-16)18(25)23(2)12-9-14-3-5-15(19)6-4-14/h3-6,16,20H,7-12H2,1-2H3. The quantitative estimate of drug-likeness (QED) is 0.900. The second-order valence-electron chi connectivity index (χ2n) is 6.55. The maximum atomic E-state index is 12.9. The molecule has 1 aliphatic rings. The first-order valence-electron chi connectivity index (χ1n) is 8.68. The minimum Gasteiger partial charge on any atom is -0.340 e. The van der Waals surface area contributed by atoms with E-state index in [1.165, 1.54) is 12.1 Å². The van der Waals surface area contributed by atoms with Gasteiger partial charge in [-0.05, 0) is 57.0 Å².